The van der Waals surface area contributed by atoms with E-state index in [1.807, 2.05) is 6.07 Å². The zero-order chi connectivity index (χ0) is 27.5. The third-order valence-corrected chi connectivity index (χ3v) is 6.89. The summed E-state index contributed by atoms with van der Waals surface area (Å²) < 4.78 is 15.8. The number of rotatable bonds is 8. The molecule has 1 saturated heterocycles. The molecule has 4 aromatic rings. The van der Waals surface area contributed by atoms with Crippen LogP contribution < -0.4 is 10.6 Å². The minimum atomic E-state index is -1.23. The highest BCUT2D eigenvalue weighted by Gasteiger charge is 2.38. The number of likely N-dealkylation sites (tertiary alicyclic amines) is 1. The van der Waals surface area contributed by atoms with Gasteiger partial charge in [-0.2, -0.15) is 0 Å². The van der Waals surface area contributed by atoms with E-state index in [0.29, 0.717) is 32.9 Å². The Morgan fingerprint density at radius 3 is 2.64 bits per heavy atom. The van der Waals surface area contributed by atoms with Gasteiger partial charge in [-0.25, -0.2) is 14.4 Å². The normalized spacial score (nSPS) is 17.3. The van der Waals surface area contributed by atoms with Gasteiger partial charge in [0.25, 0.3) is 0 Å². The maximum Gasteiger partial charge on any atom is 0.245 e. The lowest BCUT2D eigenvalue weighted by Crippen LogP contribution is -2.45. The van der Waals surface area contributed by atoms with Crippen LogP contribution in [-0.2, 0) is 11.3 Å². The summed E-state index contributed by atoms with van der Waals surface area (Å²) in [6.45, 7) is 1.46. The van der Waals surface area contributed by atoms with Gasteiger partial charge < -0.3 is 10.6 Å². The molecule has 0 bridgehead atoms. The minimum Gasteiger partial charge on any atom is -0.353 e. The second kappa shape index (κ2) is 11.3. The van der Waals surface area contributed by atoms with Gasteiger partial charge in [-0.1, -0.05) is 23.7 Å². The molecule has 2 aromatic carbocycles. The second-order valence-electron chi connectivity index (χ2n) is 9.47. The number of benzene rings is 2. The lowest BCUT2D eigenvalue weighted by molar-refractivity contribution is -0.125. The molecule has 0 aliphatic carbocycles. The fraction of sp³-hybridized carbons (Fsp3) is 0.250. The molecular weight excluding hydrogens is 523 g/mol. The number of hydrogen-bond acceptors (Lipinski definition) is 7. The smallest absolute Gasteiger partial charge is 0.245 e. The molecule has 9 nitrogen and oxygen atoms in total. The van der Waals surface area contributed by atoms with E-state index < -0.39 is 12.2 Å². The molecule has 0 radical (unpaired) electrons. The molecule has 5 rings (SSSR count). The van der Waals surface area contributed by atoms with Crippen LogP contribution in [0.2, 0.25) is 5.02 Å². The summed E-state index contributed by atoms with van der Waals surface area (Å²) in [6.07, 6.45) is 4.93. The van der Waals surface area contributed by atoms with Crippen molar-refractivity contribution in [3.63, 3.8) is 0 Å². The van der Waals surface area contributed by atoms with Crippen molar-refractivity contribution in [1.82, 2.24) is 24.8 Å². The number of fused-ring (bicyclic) bond motifs is 1. The molecule has 0 spiro atoms. The predicted octanol–water partition coefficient (Wildman–Crippen LogP) is 4.40. The lowest BCUT2D eigenvalue weighted by atomic mass is 10.1. The van der Waals surface area contributed by atoms with E-state index in [9.17, 15) is 18.8 Å². The highest BCUT2D eigenvalue weighted by Crippen LogP contribution is 2.28. The van der Waals surface area contributed by atoms with E-state index in [2.05, 4.69) is 20.6 Å². The Kier molecular flexibility index (Phi) is 7.67. The number of ketones is 1. The fourth-order valence-electron chi connectivity index (χ4n) is 4.82. The molecule has 0 unspecified atom stereocenters. The van der Waals surface area contributed by atoms with E-state index in [0.717, 1.165) is 5.56 Å². The van der Waals surface area contributed by atoms with Gasteiger partial charge >= 0.3 is 0 Å². The van der Waals surface area contributed by atoms with E-state index >= 15 is 0 Å². The van der Waals surface area contributed by atoms with Gasteiger partial charge in [0.2, 0.25) is 11.8 Å². The lowest BCUT2D eigenvalue weighted by Gasteiger charge is -2.22. The van der Waals surface area contributed by atoms with Crippen LogP contribution in [-0.4, -0.2) is 62.3 Å². The standard InChI is InChI=1S/C28H26ClFN6O3/c1-17(37)24-14-36(25-6-5-21(9-23(24)25)34-22-11-31-16-32-12-22)27(38)15-35-13-20(30)8-26(35)28(39)33-10-18-3-2-4-19(29)7-18/h2-7,9,11-12,14,16,20,26,34H,8,10,13,15H2,1H3,(H,33,39)/t20-,26+/m1/s1. The summed E-state index contributed by atoms with van der Waals surface area (Å²) in [7, 11) is 0. The van der Waals surface area contributed by atoms with Crippen LogP contribution >= 0.6 is 11.6 Å². The number of nitrogens with one attached hydrogen (secondary N) is 2. The Morgan fingerprint density at radius 2 is 1.90 bits per heavy atom. The van der Waals surface area contributed by atoms with Crippen molar-refractivity contribution < 1.29 is 18.8 Å². The van der Waals surface area contributed by atoms with Crippen molar-refractivity contribution in [2.24, 2.45) is 0 Å². The van der Waals surface area contributed by atoms with Crippen molar-refractivity contribution in [2.45, 2.75) is 32.1 Å². The topological polar surface area (TPSA) is 109 Å². The third-order valence-electron chi connectivity index (χ3n) is 6.65. The second-order valence-corrected chi connectivity index (χ2v) is 9.91. The Balaban J connectivity index is 1.34. The van der Waals surface area contributed by atoms with Gasteiger partial charge in [0.05, 0.1) is 36.2 Å². The molecule has 3 heterocycles. The van der Waals surface area contributed by atoms with Crippen molar-refractivity contribution in [1.29, 1.82) is 0 Å². The van der Waals surface area contributed by atoms with Gasteiger partial charge in [0.15, 0.2) is 5.78 Å². The van der Waals surface area contributed by atoms with Crippen LogP contribution in [0.5, 0.6) is 0 Å². The van der Waals surface area contributed by atoms with Crippen molar-refractivity contribution in [3.05, 3.63) is 83.5 Å². The van der Waals surface area contributed by atoms with E-state index in [1.54, 1.807) is 53.7 Å². The first-order valence-electron chi connectivity index (χ1n) is 12.4. The molecule has 1 fully saturated rings. The van der Waals surface area contributed by atoms with Crippen LogP contribution in [0.1, 0.15) is 34.1 Å². The molecule has 11 heteroatoms. The zero-order valence-corrected chi connectivity index (χ0v) is 21.9. The number of alkyl halides is 1. The summed E-state index contributed by atoms with van der Waals surface area (Å²) in [5, 5.41) is 7.15. The van der Waals surface area contributed by atoms with E-state index in [1.165, 1.54) is 24.0 Å². The maximum atomic E-state index is 14.4. The van der Waals surface area contributed by atoms with Gasteiger partial charge in [0, 0.05) is 47.4 Å². The first-order valence-corrected chi connectivity index (χ1v) is 12.8. The molecular formula is C28H26ClFN6O3. The van der Waals surface area contributed by atoms with Crippen LogP contribution in [0.25, 0.3) is 10.9 Å². The van der Waals surface area contributed by atoms with Crippen molar-refractivity contribution >= 4 is 51.5 Å². The maximum absolute atomic E-state index is 14.4. The molecule has 2 aromatic heterocycles. The quantitative estimate of drug-likeness (QED) is 0.314. The van der Waals surface area contributed by atoms with Gasteiger partial charge in [0.1, 0.15) is 12.5 Å². The Bertz CT molecular complexity index is 1540. The minimum absolute atomic E-state index is 0.00197. The first-order chi connectivity index (χ1) is 18.8. The number of aromatic nitrogens is 3. The molecule has 1 aliphatic rings. The highest BCUT2D eigenvalue weighted by atomic mass is 35.5. The van der Waals surface area contributed by atoms with E-state index in [4.69, 9.17) is 11.6 Å². The largest absolute Gasteiger partial charge is 0.353 e. The van der Waals surface area contributed by atoms with Crippen LogP contribution in [0.3, 0.4) is 0 Å². The number of amides is 1. The van der Waals surface area contributed by atoms with Gasteiger partial charge in [-0.15, -0.1) is 0 Å². The Labute approximate surface area is 229 Å². The SMILES string of the molecule is CC(=O)c1cn(C(=O)CN2C[C@H](F)C[C@H]2C(=O)NCc2cccc(Cl)c2)c2ccc(Nc3cncnc3)cc12. The first kappa shape index (κ1) is 26.5. The number of carbonyl (C=O) groups excluding carboxylic acids is 3. The molecule has 0 saturated carbocycles. The molecule has 1 amide bonds. The van der Waals surface area contributed by atoms with Gasteiger partial charge in [-0.3, -0.25) is 23.9 Å². The number of anilines is 2. The summed E-state index contributed by atoms with van der Waals surface area (Å²) in [5.41, 5.74) is 3.11. The van der Waals surface area contributed by atoms with Crippen LogP contribution in [0.15, 0.2) is 67.4 Å². The summed E-state index contributed by atoms with van der Waals surface area (Å²) >= 11 is 6.01. The Hall–Kier alpha value is -4.15. The fourth-order valence-corrected chi connectivity index (χ4v) is 5.04. The molecule has 39 heavy (non-hydrogen) atoms. The summed E-state index contributed by atoms with van der Waals surface area (Å²) in [6, 6.07) is 11.6. The Morgan fingerprint density at radius 1 is 1.10 bits per heavy atom. The summed E-state index contributed by atoms with van der Waals surface area (Å²) in [4.78, 5) is 48.3. The van der Waals surface area contributed by atoms with Crippen molar-refractivity contribution in [3.8, 4) is 0 Å². The molecule has 2 N–H and O–H groups in total. The van der Waals surface area contributed by atoms with Gasteiger partial charge in [-0.05, 0) is 42.8 Å². The predicted molar refractivity (Wildman–Crippen MR) is 146 cm³/mol. The molecule has 1 aliphatic heterocycles. The van der Waals surface area contributed by atoms with Crippen LogP contribution in [0, 0.1) is 0 Å². The number of Topliss-reactive ketones (excluding diaryl/α,β-unsaturated/α-hetero) is 1. The third kappa shape index (κ3) is 5.97. The average Bonchev–Trinajstić information content (AvgIpc) is 3.48. The molecule has 200 valence electrons. The molecule has 2 atom stereocenters. The van der Waals surface area contributed by atoms with Crippen molar-refractivity contribution in [2.75, 3.05) is 18.4 Å². The van der Waals surface area contributed by atoms with E-state index in [-0.39, 0.29) is 43.7 Å². The average molecular weight is 549 g/mol. The number of hydrogen-bond donors (Lipinski definition) is 2. The van der Waals surface area contributed by atoms with Crippen LogP contribution in [0.4, 0.5) is 15.8 Å². The highest BCUT2D eigenvalue weighted by molar-refractivity contribution is 6.30. The number of nitrogens with zero attached hydrogens (tertiary/aromatic N) is 4. The number of halogens is 2. The monoisotopic (exact) mass is 548 g/mol. The summed E-state index contributed by atoms with van der Waals surface area (Å²) in [5.74, 6) is -0.924. The number of carbonyl (C=O) groups is 3. The zero-order valence-electron chi connectivity index (χ0n) is 21.1.